The van der Waals surface area contributed by atoms with Crippen molar-refractivity contribution in [1.29, 1.82) is 0 Å². The molecule has 1 amide bonds. The van der Waals surface area contributed by atoms with Crippen LogP contribution in [0.4, 0.5) is 4.79 Å². The molecule has 2 aliphatic rings. The van der Waals surface area contributed by atoms with Gasteiger partial charge in [-0.25, -0.2) is 4.79 Å². The molecule has 0 aromatic heterocycles. The maximum atomic E-state index is 13.0. The fraction of sp³-hybridized carbons (Fsp3) is 0.435. The number of carbonyl (C=O) groups is 1. The Bertz CT molecular complexity index is 826. The number of hydrogen-bond donors (Lipinski definition) is 0. The topological polar surface area (TPSA) is 66.5 Å². The van der Waals surface area contributed by atoms with Gasteiger partial charge in [-0.1, -0.05) is 60.7 Å². The quantitative estimate of drug-likeness (QED) is 0.650. The lowest BCUT2D eigenvalue weighted by Crippen LogP contribution is -2.55. The Hall–Kier alpha value is -2.45. The van der Waals surface area contributed by atoms with Gasteiger partial charge < -0.3 is 23.7 Å². The van der Waals surface area contributed by atoms with E-state index in [0.717, 1.165) is 11.1 Å². The zero-order valence-electron chi connectivity index (χ0n) is 17.2. The van der Waals surface area contributed by atoms with Crippen LogP contribution in [0.1, 0.15) is 11.1 Å². The molecular weight excluding hydrogens is 386 g/mol. The standard InChI is InChI=1S/C23H27NO6/c1-26-23(27-2)16-30-20-19(28-14-17-9-5-3-6-10-17)13-24(21(20)23)22(25)29-15-18-11-7-4-8-12-18/h3-12,19-21H,13-16H2,1-2H3/t19?,20?,21-/m1/s1. The van der Waals surface area contributed by atoms with Crippen molar-refractivity contribution in [3.8, 4) is 0 Å². The predicted octanol–water partition coefficient (Wildman–Crippen LogP) is 2.98. The summed E-state index contributed by atoms with van der Waals surface area (Å²) in [6, 6.07) is 19.0. The molecule has 2 heterocycles. The lowest BCUT2D eigenvalue weighted by molar-refractivity contribution is -0.224. The summed E-state index contributed by atoms with van der Waals surface area (Å²) in [5.74, 6) is -1.05. The highest BCUT2D eigenvalue weighted by Crippen LogP contribution is 2.40. The van der Waals surface area contributed by atoms with E-state index in [1.165, 1.54) is 0 Å². The van der Waals surface area contributed by atoms with Crippen molar-refractivity contribution in [3.05, 3.63) is 71.8 Å². The molecule has 0 spiro atoms. The number of nitrogens with zero attached hydrogens (tertiary/aromatic N) is 1. The number of fused-ring (bicyclic) bond motifs is 1. The van der Waals surface area contributed by atoms with Crippen LogP contribution in [0.15, 0.2) is 60.7 Å². The number of hydrogen-bond acceptors (Lipinski definition) is 6. The van der Waals surface area contributed by atoms with Crippen molar-refractivity contribution in [3.63, 3.8) is 0 Å². The minimum Gasteiger partial charge on any atom is -0.445 e. The lowest BCUT2D eigenvalue weighted by Gasteiger charge is -2.35. The Morgan fingerprint density at radius 3 is 2.20 bits per heavy atom. The molecule has 2 aliphatic heterocycles. The van der Waals surface area contributed by atoms with Gasteiger partial charge in [0.25, 0.3) is 0 Å². The molecule has 0 saturated carbocycles. The number of carbonyl (C=O) groups excluding carboxylic acids is 1. The number of methoxy groups -OCH3 is 2. The van der Waals surface area contributed by atoms with Crippen LogP contribution in [0.5, 0.6) is 0 Å². The summed E-state index contributed by atoms with van der Waals surface area (Å²) in [5.41, 5.74) is 1.98. The third-order valence-corrected chi connectivity index (χ3v) is 5.76. The molecule has 160 valence electrons. The summed E-state index contributed by atoms with van der Waals surface area (Å²) >= 11 is 0. The van der Waals surface area contributed by atoms with Gasteiger partial charge in [0.15, 0.2) is 0 Å². The number of amides is 1. The fourth-order valence-electron chi connectivity index (χ4n) is 4.13. The molecule has 4 rings (SSSR count). The molecule has 2 unspecified atom stereocenters. The van der Waals surface area contributed by atoms with Crippen molar-refractivity contribution in [2.24, 2.45) is 0 Å². The normalized spacial score (nSPS) is 24.6. The van der Waals surface area contributed by atoms with Crippen molar-refractivity contribution < 1.29 is 28.5 Å². The monoisotopic (exact) mass is 413 g/mol. The third-order valence-electron chi connectivity index (χ3n) is 5.76. The van der Waals surface area contributed by atoms with Gasteiger partial charge in [-0.15, -0.1) is 0 Å². The van der Waals surface area contributed by atoms with E-state index in [9.17, 15) is 4.79 Å². The first-order chi connectivity index (χ1) is 14.7. The second-order valence-electron chi connectivity index (χ2n) is 7.47. The van der Waals surface area contributed by atoms with E-state index in [2.05, 4.69) is 0 Å². The van der Waals surface area contributed by atoms with Crippen LogP contribution in [0, 0.1) is 0 Å². The van der Waals surface area contributed by atoms with Crippen molar-refractivity contribution in [2.45, 2.75) is 37.3 Å². The van der Waals surface area contributed by atoms with Gasteiger partial charge in [-0.05, 0) is 11.1 Å². The van der Waals surface area contributed by atoms with Gasteiger partial charge in [-0.3, -0.25) is 4.90 Å². The number of benzene rings is 2. The van der Waals surface area contributed by atoms with Crippen LogP contribution in [0.3, 0.4) is 0 Å². The molecule has 7 nitrogen and oxygen atoms in total. The number of rotatable bonds is 7. The van der Waals surface area contributed by atoms with E-state index < -0.39 is 17.9 Å². The second-order valence-corrected chi connectivity index (χ2v) is 7.47. The Morgan fingerprint density at radius 1 is 1.00 bits per heavy atom. The zero-order chi connectivity index (χ0) is 21.0. The first-order valence-corrected chi connectivity index (χ1v) is 10.0. The molecule has 2 fully saturated rings. The molecule has 0 bridgehead atoms. The van der Waals surface area contributed by atoms with Gasteiger partial charge in [-0.2, -0.15) is 0 Å². The van der Waals surface area contributed by atoms with E-state index in [0.29, 0.717) is 13.2 Å². The summed E-state index contributed by atoms with van der Waals surface area (Å²) < 4.78 is 29.0. The molecule has 7 heteroatoms. The Morgan fingerprint density at radius 2 is 1.60 bits per heavy atom. The molecule has 2 saturated heterocycles. The van der Waals surface area contributed by atoms with Crippen LogP contribution in [0.2, 0.25) is 0 Å². The summed E-state index contributed by atoms with van der Waals surface area (Å²) in [5, 5.41) is 0. The van der Waals surface area contributed by atoms with Crippen LogP contribution in [0.25, 0.3) is 0 Å². The minimum atomic E-state index is -1.05. The lowest BCUT2D eigenvalue weighted by atomic mass is 10.0. The molecule has 0 N–H and O–H groups in total. The zero-order valence-corrected chi connectivity index (χ0v) is 17.2. The van der Waals surface area contributed by atoms with Crippen molar-refractivity contribution >= 4 is 6.09 Å². The molecule has 2 aromatic rings. The first-order valence-electron chi connectivity index (χ1n) is 10.0. The summed E-state index contributed by atoms with van der Waals surface area (Å²) in [6.45, 7) is 1.17. The van der Waals surface area contributed by atoms with E-state index in [1.54, 1.807) is 19.1 Å². The van der Waals surface area contributed by atoms with Gasteiger partial charge in [0, 0.05) is 14.2 Å². The largest absolute Gasteiger partial charge is 0.445 e. The van der Waals surface area contributed by atoms with Crippen molar-refractivity contribution in [2.75, 3.05) is 27.4 Å². The Kier molecular flexibility index (Phi) is 6.34. The average Bonchev–Trinajstić information content (AvgIpc) is 3.36. The Balaban J connectivity index is 1.48. The predicted molar refractivity (Wildman–Crippen MR) is 109 cm³/mol. The molecule has 3 atom stereocenters. The van der Waals surface area contributed by atoms with Crippen LogP contribution in [-0.2, 0) is 36.9 Å². The molecule has 0 aliphatic carbocycles. The van der Waals surface area contributed by atoms with Gasteiger partial charge >= 0.3 is 6.09 Å². The third kappa shape index (κ3) is 4.06. The number of ether oxygens (including phenoxy) is 5. The SMILES string of the molecule is COC1(OC)COC2C(OCc3ccccc3)CN(C(=O)OCc3ccccc3)[C@H]21. The second kappa shape index (κ2) is 9.14. The molecule has 2 aromatic carbocycles. The van der Waals surface area contributed by atoms with Crippen LogP contribution >= 0.6 is 0 Å². The first kappa shape index (κ1) is 20.8. The highest BCUT2D eigenvalue weighted by molar-refractivity contribution is 5.69. The number of likely N-dealkylation sites (tertiary alicyclic amines) is 1. The smallest absolute Gasteiger partial charge is 0.410 e. The highest BCUT2D eigenvalue weighted by atomic mass is 16.7. The van der Waals surface area contributed by atoms with Crippen LogP contribution < -0.4 is 0 Å². The molecule has 30 heavy (non-hydrogen) atoms. The summed E-state index contributed by atoms with van der Waals surface area (Å²) in [6.07, 6.45) is -1.12. The van der Waals surface area contributed by atoms with E-state index in [4.69, 9.17) is 23.7 Å². The minimum absolute atomic E-state index is 0.191. The summed E-state index contributed by atoms with van der Waals surface area (Å²) in [7, 11) is 3.11. The maximum absolute atomic E-state index is 13.0. The Labute approximate surface area is 176 Å². The fourth-order valence-corrected chi connectivity index (χ4v) is 4.13. The van der Waals surface area contributed by atoms with E-state index in [1.807, 2.05) is 60.7 Å². The molecular formula is C23H27NO6. The van der Waals surface area contributed by atoms with E-state index >= 15 is 0 Å². The van der Waals surface area contributed by atoms with Crippen LogP contribution in [-0.4, -0.2) is 62.4 Å². The van der Waals surface area contributed by atoms with Gasteiger partial charge in [0.2, 0.25) is 5.79 Å². The van der Waals surface area contributed by atoms with Crippen molar-refractivity contribution in [1.82, 2.24) is 4.90 Å². The summed E-state index contributed by atoms with van der Waals surface area (Å²) in [4.78, 5) is 14.6. The highest BCUT2D eigenvalue weighted by Gasteiger charge is 2.62. The average molecular weight is 413 g/mol. The van der Waals surface area contributed by atoms with E-state index in [-0.39, 0.29) is 25.4 Å². The molecule has 0 radical (unpaired) electrons. The van der Waals surface area contributed by atoms with Gasteiger partial charge in [0.05, 0.1) is 13.2 Å². The maximum Gasteiger partial charge on any atom is 0.410 e. The van der Waals surface area contributed by atoms with Gasteiger partial charge in [0.1, 0.15) is 31.5 Å².